The van der Waals surface area contributed by atoms with Crippen LogP contribution in [0.4, 0.5) is 9.39 Å². The van der Waals surface area contributed by atoms with Gasteiger partial charge in [-0.1, -0.05) is 19.1 Å². The van der Waals surface area contributed by atoms with Crippen LogP contribution >= 0.6 is 11.3 Å². The number of hydrogen-bond acceptors (Lipinski definition) is 4. The van der Waals surface area contributed by atoms with E-state index in [0.717, 1.165) is 61.3 Å². The summed E-state index contributed by atoms with van der Waals surface area (Å²) in [6.45, 7) is 4.24. The summed E-state index contributed by atoms with van der Waals surface area (Å²) in [7, 11) is 0. The second-order valence-electron chi connectivity index (χ2n) is 9.06. The molecule has 0 spiro atoms. The number of furan rings is 1. The number of carbonyl (C=O) groups is 1. The van der Waals surface area contributed by atoms with E-state index in [4.69, 9.17) is 4.42 Å². The zero-order valence-electron chi connectivity index (χ0n) is 18.4. The average molecular weight is 453 g/mol. The van der Waals surface area contributed by atoms with E-state index in [1.165, 1.54) is 29.2 Å². The fraction of sp³-hybridized carbons (Fsp3) is 0.423. The zero-order chi connectivity index (χ0) is 22.1. The number of hydrogen-bond donors (Lipinski definition) is 1. The Bertz CT molecular complexity index is 1080. The normalized spacial score (nSPS) is 18.3. The molecule has 1 amide bonds. The van der Waals surface area contributed by atoms with Crippen LogP contribution < -0.4 is 5.32 Å². The van der Waals surface area contributed by atoms with Gasteiger partial charge in [0, 0.05) is 10.4 Å². The molecule has 1 atom stereocenters. The van der Waals surface area contributed by atoms with Crippen LogP contribution in [0.5, 0.6) is 0 Å². The number of anilines is 1. The van der Waals surface area contributed by atoms with Gasteiger partial charge in [0.15, 0.2) is 5.76 Å². The predicted molar refractivity (Wildman–Crippen MR) is 126 cm³/mol. The van der Waals surface area contributed by atoms with Crippen LogP contribution in [0.15, 0.2) is 47.1 Å². The van der Waals surface area contributed by atoms with Gasteiger partial charge in [0.1, 0.15) is 10.8 Å². The summed E-state index contributed by atoms with van der Waals surface area (Å²) in [5, 5.41) is 4.03. The number of benzene rings is 1. The molecular formula is C26H29FN2O2S. The summed E-state index contributed by atoms with van der Waals surface area (Å²) in [5.41, 5.74) is 3.47. The second-order valence-corrected chi connectivity index (χ2v) is 10.2. The Balaban J connectivity index is 1.61. The molecule has 168 valence electrons. The van der Waals surface area contributed by atoms with Gasteiger partial charge in [-0.25, -0.2) is 4.39 Å². The Labute approximate surface area is 192 Å². The lowest BCUT2D eigenvalue weighted by Crippen LogP contribution is -2.37. The summed E-state index contributed by atoms with van der Waals surface area (Å²) in [6.07, 6.45) is 8.14. The van der Waals surface area contributed by atoms with E-state index >= 15 is 0 Å². The highest BCUT2D eigenvalue weighted by molar-refractivity contribution is 7.16. The van der Waals surface area contributed by atoms with Crippen LogP contribution in [0, 0.1) is 11.7 Å². The Morgan fingerprint density at radius 2 is 2.00 bits per heavy atom. The van der Waals surface area contributed by atoms with Gasteiger partial charge in [-0.3, -0.25) is 9.69 Å². The maximum absolute atomic E-state index is 14.3. The Hall–Kier alpha value is -2.44. The fourth-order valence-electron chi connectivity index (χ4n) is 5.07. The number of rotatable bonds is 5. The fourth-order valence-corrected chi connectivity index (χ4v) is 6.38. The Morgan fingerprint density at radius 3 is 2.75 bits per heavy atom. The van der Waals surface area contributed by atoms with Crippen molar-refractivity contribution in [3.05, 3.63) is 75.8 Å². The van der Waals surface area contributed by atoms with E-state index in [1.807, 2.05) is 6.07 Å². The van der Waals surface area contributed by atoms with E-state index < -0.39 is 0 Å². The van der Waals surface area contributed by atoms with Crippen molar-refractivity contribution in [2.75, 3.05) is 18.4 Å². The van der Waals surface area contributed by atoms with Crippen molar-refractivity contribution in [1.82, 2.24) is 4.90 Å². The number of thiophene rings is 1. The van der Waals surface area contributed by atoms with Gasteiger partial charge in [-0.2, -0.15) is 0 Å². The number of amides is 1. The van der Waals surface area contributed by atoms with Crippen molar-refractivity contribution >= 4 is 22.2 Å². The summed E-state index contributed by atoms with van der Waals surface area (Å²) in [6, 6.07) is 10.3. The summed E-state index contributed by atoms with van der Waals surface area (Å²) in [4.78, 5) is 16.7. The number of likely N-dealkylation sites (tertiary alicyclic amines) is 1. The van der Waals surface area contributed by atoms with Crippen LogP contribution in [0.1, 0.15) is 70.8 Å². The van der Waals surface area contributed by atoms with E-state index in [2.05, 4.69) is 17.1 Å². The van der Waals surface area contributed by atoms with Gasteiger partial charge in [-0.15, -0.1) is 11.3 Å². The van der Waals surface area contributed by atoms with Gasteiger partial charge in [-0.05, 0) is 92.9 Å². The number of halogens is 1. The maximum Gasteiger partial charge on any atom is 0.291 e. The van der Waals surface area contributed by atoms with E-state index in [1.54, 1.807) is 35.6 Å². The minimum Gasteiger partial charge on any atom is -0.459 e. The Morgan fingerprint density at radius 1 is 1.19 bits per heavy atom. The lowest BCUT2D eigenvalue weighted by Gasteiger charge is -2.38. The van der Waals surface area contributed by atoms with Gasteiger partial charge < -0.3 is 9.73 Å². The topological polar surface area (TPSA) is 45.5 Å². The number of piperidine rings is 1. The van der Waals surface area contributed by atoms with Gasteiger partial charge in [0.2, 0.25) is 0 Å². The molecule has 2 aliphatic rings. The molecule has 32 heavy (non-hydrogen) atoms. The summed E-state index contributed by atoms with van der Waals surface area (Å²) >= 11 is 1.69. The van der Waals surface area contributed by atoms with Crippen LogP contribution in [-0.4, -0.2) is 23.9 Å². The third kappa shape index (κ3) is 4.26. The van der Waals surface area contributed by atoms with E-state index in [9.17, 15) is 9.18 Å². The number of nitrogens with zero attached hydrogens (tertiary/aromatic N) is 1. The predicted octanol–water partition coefficient (Wildman–Crippen LogP) is 6.43. The number of carbonyl (C=O) groups excluding carboxylic acids is 1. The summed E-state index contributed by atoms with van der Waals surface area (Å²) in [5.74, 6) is 0.550. The van der Waals surface area contributed by atoms with Crippen molar-refractivity contribution in [3.8, 4) is 0 Å². The highest BCUT2D eigenvalue weighted by Gasteiger charge is 2.34. The van der Waals surface area contributed by atoms with Crippen LogP contribution in [0.25, 0.3) is 0 Å². The SMILES string of the molecule is CC1CCN([C@@H](c2cccc(F)c2)c2c(NC(=O)c3ccco3)sc3c2CCCC3)CC1. The molecular weight excluding hydrogens is 423 g/mol. The molecule has 1 aliphatic heterocycles. The number of aryl methyl sites for hydroxylation is 1. The zero-order valence-corrected chi connectivity index (χ0v) is 19.2. The first-order valence-electron chi connectivity index (χ1n) is 11.6. The monoisotopic (exact) mass is 452 g/mol. The van der Waals surface area contributed by atoms with Crippen LogP contribution in [-0.2, 0) is 12.8 Å². The highest BCUT2D eigenvalue weighted by Crippen LogP contribution is 2.46. The quantitative estimate of drug-likeness (QED) is 0.485. The molecule has 1 N–H and O–H groups in total. The van der Waals surface area contributed by atoms with Crippen LogP contribution in [0.3, 0.4) is 0 Å². The smallest absolute Gasteiger partial charge is 0.291 e. The molecule has 6 heteroatoms. The van der Waals surface area contributed by atoms with Crippen molar-refractivity contribution < 1.29 is 13.6 Å². The maximum atomic E-state index is 14.3. The van der Waals surface area contributed by atoms with Crippen LogP contribution in [0.2, 0.25) is 0 Å². The van der Waals surface area contributed by atoms with Crippen molar-refractivity contribution in [2.24, 2.45) is 5.92 Å². The molecule has 2 aromatic heterocycles. The van der Waals surface area contributed by atoms with E-state index in [0.29, 0.717) is 11.7 Å². The lowest BCUT2D eigenvalue weighted by atomic mass is 9.87. The molecule has 1 aliphatic carbocycles. The number of nitrogens with one attached hydrogen (secondary N) is 1. The molecule has 5 rings (SSSR count). The third-order valence-corrected chi connectivity index (χ3v) is 8.03. The van der Waals surface area contributed by atoms with Gasteiger partial charge >= 0.3 is 0 Å². The van der Waals surface area contributed by atoms with Crippen molar-refractivity contribution in [2.45, 2.75) is 51.5 Å². The molecule has 3 aromatic rings. The van der Waals surface area contributed by atoms with Crippen molar-refractivity contribution in [1.29, 1.82) is 0 Å². The first-order valence-corrected chi connectivity index (χ1v) is 12.4. The molecule has 1 fully saturated rings. The molecule has 3 heterocycles. The minimum absolute atomic E-state index is 0.0665. The molecule has 0 saturated carbocycles. The number of fused-ring (bicyclic) bond motifs is 1. The molecule has 0 unspecified atom stereocenters. The minimum atomic E-state index is -0.236. The second kappa shape index (κ2) is 9.20. The largest absolute Gasteiger partial charge is 0.459 e. The Kier molecular flexibility index (Phi) is 6.15. The third-order valence-electron chi connectivity index (χ3n) is 6.81. The first-order chi connectivity index (χ1) is 15.6. The molecule has 0 radical (unpaired) electrons. The average Bonchev–Trinajstić information content (AvgIpc) is 3.44. The molecule has 1 aromatic carbocycles. The highest BCUT2D eigenvalue weighted by atomic mass is 32.1. The standard InChI is InChI=1S/C26H29FN2O2S/c1-17-11-13-29(14-12-17)24(18-6-4-7-19(27)16-18)23-20-8-2-3-10-22(20)32-26(23)28-25(30)21-9-5-15-31-21/h4-7,9,15-17,24H,2-3,8,10-14H2,1H3,(H,28,30)/t24-/m0/s1. The molecule has 0 bridgehead atoms. The van der Waals surface area contributed by atoms with Crippen molar-refractivity contribution in [3.63, 3.8) is 0 Å². The first kappa shape index (κ1) is 21.4. The van der Waals surface area contributed by atoms with E-state index in [-0.39, 0.29) is 17.8 Å². The molecule has 1 saturated heterocycles. The lowest BCUT2D eigenvalue weighted by molar-refractivity contribution is 0.0996. The van der Waals surface area contributed by atoms with Gasteiger partial charge in [0.25, 0.3) is 5.91 Å². The van der Waals surface area contributed by atoms with Gasteiger partial charge in [0.05, 0.1) is 12.3 Å². The summed E-state index contributed by atoms with van der Waals surface area (Å²) < 4.78 is 19.7. The molecule has 4 nitrogen and oxygen atoms in total.